The van der Waals surface area contributed by atoms with Crippen molar-refractivity contribution in [2.24, 2.45) is 0 Å². The topological polar surface area (TPSA) is 38.2 Å². The number of aryl methyl sites for hydroxylation is 1. The van der Waals surface area contributed by atoms with E-state index < -0.39 is 0 Å². The van der Waals surface area contributed by atoms with E-state index >= 15 is 4.39 Å². The molecule has 3 heterocycles. The van der Waals surface area contributed by atoms with Gasteiger partial charge in [-0.15, -0.1) is 0 Å². The molecule has 0 radical (unpaired) electrons. The molecular formula is C20H18FN3OS. The second kappa shape index (κ2) is 5.77. The van der Waals surface area contributed by atoms with Crippen molar-refractivity contribution in [3.05, 3.63) is 53.2 Å². The van der Waals surface area contributed by atoms with E-state index in [9.17, 15) is 0 Å². The van der Waals surface area contributed by atoms with Gasteiger partial charge in [-0.3, -0.25) is 4.98 Å². The first-order valence-corrected chi connectivity index (χ1v) is 9.50. The number of ether oxygens (including phenoxy) is 1. The maximum Gasteiger partial charge on any atom is 0.153 e. The van der Waals surface area contributed by atoms with Gasteiger partial charge in [0.2, 0.25) is 0 Å². The molecule has 5 rings (SSSR count). The molecule has 4 nitrogen and oxygen atoms in total. The Morgan fingerprint density at radius 2 is 2.08 bits per heavy atom. The molecule has 1 fully saturated rings. The highest BCUT2D eigenvalue weighted by Crippen LogP contribution is 2.53. The molecule has 0 N–H and O–H groups in total. The fourth-order valence-electron chi connectivity index (χ4n) is 3.71. The standard InChI is InChI=1S/C20H18FN3OS/c1-11-3-4-12(9-22-11)17-16(21)8-13-7-14-10-23-26-20(14)24(15-5-6-15)18(13)19(17)25-2/h3-4,8-10,15H,5-7H2,1-2H3. The molecule has 0 bridgehead atoms. The Bertz CT molecular complexity index is 995. The largest absolute Gasteiger partial charge is 0.494 e. The smallest absolute Gasteiger partial charge is 0.153 e. The zero-order valence-electron chi connectivity index (χ0n) is 14.6. The Hall–Kier alpha value is -2.47. The van der Waals surface area contributed by atoms with E-state index in [4.69, 9.17) is 4.74 Å². The molecule has 6 heteroatoms. The number of anilines is 2. The van der Waals surface area contributed by atoms with Gasteiger partial charge in [-0.1, -0.05) is 6.07 Å². The Labute approximate surface area is 155 Å². The summed E-state index contributed by atoms with van der Waals surface area (Å²) in [6, 6.07) is 5.89. The minimum atomic E-state index is -0.270. The zero-order chi connectivity index (χ0) is 17.8. The molecule has 3 aromatic rings. The van der Waals surface area contributed by atoms with Crippen LogP contribution in [0, 0.1) is 12.7 Å². The molecule has 0 unspecified atom stereocenters. The van der Waals surface area contributed by atoms with Gasteiger partial charge in [0.25, 0.3) is 0 Å². The van der Waals surface area contributed by atoms with Gasteiger partial charge in [-0.25, -0.2) is 4.39 Å². The summed E-state index contributed by atoms with van der Waals surface area (Å²) in [5.41, 5.74) is 5.24. The second-order valence-corrected chi connectivity index (χ2v) is 7.68. The number of fused-ring (bicyclic) bond motifs is 2. The monoisotopic (exact) mass is 367 g/mol. The van der Waals surface area contributed by atoms with Crippen LogP contribution >= 0.6 is 11.5 Å². The van der Waals surface area contributed by atoms with Gasteiger partial charge in [0.15, 0.2) is 5.75 Å². The molecule has 26 heavy (non-hydrogen) atoms. The average molecular weight is 367 g/mol. The van der Waals surface area contributed by atoms with Crippen LogP contribution in [-0.2, 0) is 6.42 Å². The molecular weight excluding hydrogens is 349 g/mol. The first kappa shape index (κ1) is 15.8. The van der Waals surface area contributed by atoms with Crippen molar-refractivity contribution in [3.8, 4) is 16.9 Å². The van der Waals surface area contributed by atoms with Crippen molar-refractivity contribution in [2.75, 3.05) is 12.0 Å². The van der Waals surface area contributed by atoms with Gasteiger partial charge in [0.1, 0.15) is 10.8 Å². The van der Waals surface area contributed by atoms with E-state index in [1.54, 1.807) is 19.4 Å². The van der Waals surface area contributed by atoms with Crippen molar-refractivity contribution >= 4 is 22.2 Å². The molecule has 132 valence electrons. The fraction of sp³-hybridized carbons (Fsp3) is 0.300. The summed E-state index contributed by atoms with van der Waals surface area (Å²) in [5.74, 6) is 0.324. The summed E-state index contributed by atoms with van der Waals surface area (Å²) in [5, 5.41) is 1.16. The minimum absolute atomic E-state index is 0.270. The van der Waals surface area contributed by atoms with E-state index in [0.29, 0.717) is 23.8 Å². The highest BCUT2D eigenvalue weighted by atomic mass is 32.1. The predicted molar refractivity (Wildman–Crippen MR) is 101 cm³/mol. The third-order valence-corrected chi connectivity index (χ3v) is 5.91. The number of methoxy groups -OCH3 is 1. The zero-order valence-corrected chi connectivity index (χ0v) is 15.4. The summed E-state index contributed by atoms with van der Waals surface area (Å²) >= 11 is 1.51. The minimum Gasteiger partial charge on any atom is -0.494 e. The highest BCUT2D eigenvalue weighted by molar-refractivity contribution is 7.10. The van der Waals surface area contributed by atoms with Gasteiger partial charge in [0.05, 0.1) is 18.4 Å². The summed E-state index contributed by atoms with van der Waals surface area (Å²) < 4.78 is 25.3. The molecule has 0 spiro atoms. The van der Waals surface area contributed by atoms with Gasteiger partial charge in [-0.05, 0) is 49.0 Å². The van der Waals surface area contributed by atoms with Crippen molar-refractivity contribution in [1.82, 2.24) is 9.36 Å². The Morgan fingerprint density at radius 3 is 2.77 bits per heavy atom. The van der Waals surface area contributed by atoms with Crippen LogP contribution in [0.25, 0.3) is 11.1 Å². The number of hydrogen-bond donors (Lipinski definition) is 0. The maximum atomic E-state index is 15.1. The Kier molecular flexibility index (Phi) is 3.50. The number of halogens is 1. The average Bonchev–Trinajstić information content (AvgIpc) is 3.37. The van der Waals surface area contributed by atoms with E-state index in [1.807, 2.05) is 25.3 Å². The summed E-state index contributed by atoms with van der Waals surface area (Å²) in [6.45, 7) is 1.92. The number of pyridine rings is 1. The molecule has 1 saturated carbocycles. The lowest BCUT2D eigenvalue weighted by atomic mass is 9.94. The van der Waals surface area contributed by atoms with Gasteiger partial charge in [-0.2, -0.15) is 4.37 Å². The lowest BCUT2D eigenvalue weighted by molar-refractivity contribution is 0.413. The lowest BCUT2D eigenvalue weighted by Gasteiger charge is -2.33. The fourth-order valence-corrected chi connectivity index (χ4v) is 4.56. The molecule has 2 aliphatic rings. The maximum absolute atomic E-state index is 15.1. The summed E-state index contributed by atoms with van der Waals surface area (Å²) in [4.78, 5) is 6.65. The van der Waals surface area contributed by atoms with Crippen LogP contribution in [0.1, 0.15) is 29.7 Å². The third kappa shape index (κ3) is 2.32. The van der Waals surface area contributed by atoms with Crippen LogP contribution < -0.4 is 9.64 Å². The lowest BCUT2D eigenvalue weighted by Crippen LogP contribution is -2.25. The van der Waals surface area contributed by atoms with Crippen molar-refractivity contribution < 1.29 is 9.13 Å². The molecule has 2 aromatic heterocycles. The predicted octanol–water partition coefficient (Wildman–Crippen LogP) is 4.87. The summed E-state index contributed by atoms with van der Waals surface area (Å²) in [6.07, 6.45) is 6.58. The molecule has 0 atom stereocenters. The number of hydrogen-bond acceptors (Lipinski definition) is 5. The van der Waals surface area contributed by atoms with Crippen molar-refractivity contribution in [1.29, 1.82) is 0 Å². The number of rotatable bonds is 3. The Balaban J connectivity index is 1.76. The normalized spacial score (nSPS) is 15.6. The van der Waals surface area contributed by atoms with Gasteiger partial charge >= 0.3 is 0 Å². The van der Waals surface area contributed by atoms with Crippen LogP contribution in [0.4, 0.5) is 15.1 Å². The van der Waals surface area contributed by atoms with E-state index in [0.717, 1.165) is 40.4 Å². The molecule has 1 aliphatic carbocycles. The van der Waals surface area contributed by atoms with E-state index in [2.05, 4.69) is 14.3 Å². The van der Waals surface area contributed by atoms with Crippen LogP contribution in [0.5, 0.6) is 5.75 Å². The van der Waals surface area contributed by atoms with Gasteiger partial charge in [0, 0.05) is 41.7 Å². The SMILES string of the molecule is COc1c(-c2ccc(C)nc2)c(F)cc2c1N(C1CC1)c1sncc1C2. The summed E-state index contributed by atoms with van der Waals surface area (Å²) in [7, 11) is 1.62. The second-order valence-electron chi connectivity index (χ2n) is 6.90. The number of benzene rings is 1. The van der Waals surface area contributed by atoms with Crippen LogP contribution in [0.2, 0.25) is 0 Å². The van der Waals surface area contributed by atoms with Crippen LogP contribution in [-0.4, -0.2) is 22.5 Å². The quantitative estimate of drug-likeness (QED) is 0.662. The van der Waals surface area contributed by atoms with Crippen molar-refractivity contribution in [2.45, 2.75) is 32.2 Å². The van der Waals surface area contributed by atoms with Crippen molar-refractivity contribution in [3.63, 3.8) is 0 Å². The molecule has 1 aromatic carbocycles. The first-order chi connectivity index (χ1) is 12.7. The highest BCUT2D eigenvalue weighted by Gasteiger charge is 2.39. The number of aromatic nitrogens is 2. The van der Waals surface area contributed by atoms with Gasteiger partial charge < -0.3 is 9.64 Å². The first-order valence-electron chi connectivity index (χ1n) is 8.72. The molecule has 0 amide bonds. The van der Waals surface area contributed by atoms with Crippen LogP contribution in [0.15, 0.2) is 30.6 Å². The van der Waals surface area contributed by atoms with E-state index in [-0.39, 0.29) is 5.82 Å². The Morgan fingerprint density at radius 1 is 1.23 bits per heavy atom. The van der Waals surface area contributed by atoms with E-state index in [1.165, 1.54) is 17.1 Å². The molecule has 1 aliphatic heterocycles. The molecule has 0 saturated heterocycles. The third-order valence-electron chi connectivity index (χ3n) is 5.07. The number of nitrogens with zero attached hydrogens (tertiary/aromatic N) is 3. The van der Waals surface area contributed by atoms with Crippen LogP contribution in [0.3, 0.4) is 0 Å².